The third-order valence-electron chi connectivity index (χ3n) is 2.06. The highest BCUT2D eigenvalue weighted by atomic mass is 16.5. The van der Waals surface area contributed by atoms with Gasteiger partial charge in [0.1, 0.15) is 6.04 Å². The van der Waals surface area contributed by atoms with E-state index in [9.17, 15) is 4.79 Å². The Morgan fingerprint density at radius 2 is 1.86 bits per heavy atom. The minimum atomic E-state index is -0.318. The van der Waals surface area contributed by atoms with Crippen molar-refractivity contribution in [1.82, 2.24) is 4.90 Å². The molecule has 1 unspecified atom stereocenters. The molecule has 0 N–H and O–H groups in total. The molecule has 14 heavy (non-hydrogen) atoms. The number of hydrogen-bond donors (Lipinski definition) is 0. The molecule has 0 saturated carbocycles. The number of ether oxygens (including phenoxy) is 1. The van der Waals surface area contributed by atoms with Gasteiger partial charge >= 0.3 is 5.97 Å². The van der Waals surface area contributed by atoms with Crippen LogP contribution in [0.1, 0.15) is 11.6 Å². The molecule has 3 nitrogen and oxygen atoms in total. The Hall–Kier alpha value is -1.35. The van der Waals surface area contributed by atoms with Gasteiger partial charge in [0.2, 0.25) is 0 Å². The molecule has 0 fully saturated rings. The van der Waals surface area contributed by atoms with Crippen LogP contribution < -0.4 is 0 Å². The smallest absolute Gasteiger partial charge is 0.327 e. The molecule has 0 radical (unpaired) electrons. The fourth-order valence-corrected chi connectivity index (χ4v) is 1.39. The minimum absolute atomic E-state index is 0.235. The van der Waals surface area contributed by atoms with E-state index in [0.717, 1.165) is 5.56 Å². The van der Waals surface area contributed by atoms with Crippen molar-refractivity contribution < 1.29 is 9.53 Å². The molecule has 0 aliphatic rings. The summed E-state index contributed by atoms with van der Waals surface area (Å²) in [5, 5.41) is 0. The monoisotopic (exact) mass is 193 g/mol. The molecule has 0 amide bonds. The Bertz CT molecular complexity index is 295. The second-order valence-corrected chi connectivity index (χ2v) is 3.30. The van der Waals surface area contributed by atoms with Crippen LogP contribution in [0.15, 0.2) is 30.3 Å². The molecule has 76 valence electrons. The Balaban J connectivity index is 2.95. The topological polar surface area (TPSA) is 29.5 Å². The van der Waals surface area contributed by atoms with Crippen molar-refractivity contribution in [1.29, 1.82) is 0 Å². The van der Waals surface area contributed by atoms with Crippen LogP contribution in [0.25, 0.3) is 0 Å². The number of likely N-dealkylation sites (N-methyl/N-ethyl adjacent to an activating group) is 1. The van der Waals surface area contributed by atoms with E-state index in [1.54, 1.807) is 0 Å². The Labute approximate surface area is 84.3 Å². The maximum absolute atomic E-state index is 11.5. The average molecular weight is 193 g/mol. The van der Waals surface area contributed by atoms with E-state index in [0.29, 0.717) is 0 Å². The number of benzene rings is 1. The standard InChI is InChI=1S/C11H15NO2/c1-12(2)10(11(13)14-3)9-7-5-4-6-8-9/h4-8,10H,1-3H3. The highest BCUT2D eigenvalue weighted by Crippen LogP contribution is 2.18. The fraction of sp³-hybridized carbons (Fsp3) is 0.364. The maximum atomic E-state index is 11.5. The van der Waals surface area contributed by atoms with Gasteiger partial charge in [-0.25, -0.2) is 4.79 Å². The first-order chi connectivity index (χ1) is 6.66. The van der Waals surface area contributed by atoms with Gasteiger partial charge in [-0.15, -0.1) is 0 Å². The SMILES string of the molecule is COC(=O)C(c1ccccc1)N(C)C. The van der Waals surface area contributed by atoms with Gasteiger partial charge in [0.05, 0.1) is 7.11 Å². The number of nitrogens with zero attached hydrogens (tertiary/aromatic N) is 1. The molecule has 0 heterocycles. The van der Waals surface area contributed by atoms with Crippen molar-refractivity contribution in [2.75, 3.05) is 21.2 Å². The summed E-state index contributed by atoms with van der Waals surface area (Å²) in [6, 6.07) is 9.27. The summed E-state index contributed by atoms with van der Waals surface area (Å²) in [4.78, 5) is 13.3. The number of carbonyl (C=O) groups is 1. The molecule has 0 aliphatic heterocycles. The van der Waals surface area contributed by atoms with Crippen LogP contribution in [0, 0.1) is 0 Å². The summed E-state index contributed by atoms with van der Waals surface area (Å²) in [5.41, 5.74) is 0.948. The third-order valence-corrected chi connectivity index (χ3v) is 2.06. The average Bonchev–Trinajstić information content (AvgIpc) is 2.19. The number of hydrogen-bond acceptors (Lipinski definition) is 3. The van der Waals surface area contributed by atoms with Crippen LogP contribution >= 0.6 is 0 Å². The molecular formula is C11H15NO2. The van der Waals surface area contributed by atoms with Gasteiger partial charge < -0.3 is 4.74 Å². The summed E-state index contributed by atoms with van der Waals surface area (Å²) >= 11 is 0. The van der Waals surface area contributed by atoms with Crippen LogP contribution in [0.5, 0.6) is 0 Å². The number of rotatable bonds is 3. The van der Waals surface area contributed by atoms with Crippen molar-refractivity contribution in [3.05, 3.63) is 35.9 Å². The molecule has 0 spiro atoms. The molecule has 0 aromatic heterocycles. The lowest BCUT2D eigenvalue weighted by Gasteiger charge is -2.21. The largest absolute Gasteiger partial charge is 0.468 e. The van der Waals surface area contributed by atoms with E-state index >= 15 is 0 Å². The van der Waals surface area contributed by atoms with Crippen LogP contribution in [0.4, 0.5) is 0 Å². The summed E-state index contributed by atoms with van der Waals surface area (Å²) in [6.07, 6.45) is 0. The van der Waals surface area contributed by atoms with Crippen LogP contribution in [0.2, 0.25) is 0 Å². The highest BCUT2D eigenvalue weighted by Gasteiger charge is 2.22. The van der Waals surface area contributed by atoms with E-state index in [1.165, 1.54) is 7.11 Å². The molecule has 1 aromatic rings. The lowest BCUT2D eigenvalue weighted by Crippen LogP contribution is -2.28. The molecule has 1 atom stereocenters. The van der Waals surface area contributed by atoms with E-state index in [4.69, 9.17) is 4.74 Å². The van der Waals surface area contributed by atoms with E-state index in [1.807, 2.05) is 49.3 Å². The van der Waals surface area contributed by atoms with Gasteiger partial charge in [-0.2, -0.15) is 0 Å². The Morgan fingerprint density at radius 3 is 2.29 bits per heavy atom. The number of methoxy groups -OCH3 is 1. The number of carbonyl (C=O) groups excluding carboxylic acids is 1. The molecule has 3 heteroatoms. The van der Waals surface area contributed by atoms with Crippen molar-refractivity contribution in [3.63, 3.8) is 0 Å². The van der Waals surface area contributed by atoms with E-state index in [2.05, 4.69) is 0 Å². The summed E-state index contributed by atoms with van der Waals surface area (Å²) < 4.78 is 4.75. The van der Waals surface area contributed by atoms with Gasteiger partial charge in [-0.1, -0.05) is 30.3 Å². The van der Waals surface area contributed by atoms with Crippen LogP contribution in [0.3, 0.4) is 0 Å². The quantitative estimate of drug-likeness (QED) is 0.681. The van der Waals surface area contributed by atoms with Crippen molar-refractivity contribution in [2.24, 2.45) is 0 Å². The van der Waals surface area contributed by atoms with Gasteiger partial charge in [0, 0.05) is 0 Å². The normalized spacial score (nSPS) is 12.6. The zero-order chi connectivity index (χ0) is 10.6. The molecule has 1 aromatic carbocycles. The first-order valence-corrected chi connectivity index (χ1v) is 4.46. The van der Waals surface area contributed by atoms with Gasteiger partial charge in [0.25, 0.3) is 0 Å². The van der Waals surface area contributed by atoms with E-state index in [-0.39, 0.29) is 12.0 Å². The van der Waals surface area contributed by atoms with Crippen molar-refractivity contribution >= 4 is 5.97 Å². The second-order valence-electron chi connectivity index (χ2n) is 3.30. The Morgan fingerprint density at radius 1 is 1.29 bits per heavy atom. The number of esters is 1. The highest BCUT2D eigenvalue weighted by molar-refractivity contribution is 5.77. The minimum Gasteiger partial charge on any atom is -0.468 e. The molecule has 0 aliphatic carbocycles. The predicted molar refractivity (Wildman–Crippen MR) is 54.9 cm³/mol. The third kappa shape index (κ3) is 2.33. The predicted octanol–water partition coefficient (Wildman–Crippen LogP) is 1.46. The summed E-state index contributed by atoms with van der Waals surface area (Å²) in [6.45, 7) is 0. The Kier molecular flexibility index (Phi) is 3.65. The molecular weight excluding hydrogens is 178 g/mol. The molecule has 0 bridgehead atoms. The van der Waals surface area contributed by atoms with Gasteiger partial charge in [-0.05, 0) is 19.7 Å². The van der Waals surface area contributed by atoms with Crippen molar-refractivity contribution in [3.8, 4) is 0 Å². The first-order valence-electron chi connectivity index (χ1n) is 4.46. The first kappa shape index (κ1) is 10.7. The lowest BCUT2D eigenvalue weighted by atomic mass is 10.1. The second kappa shape index (κ2) is 4.77. The molecule has 1 rings (SSSR count). The van der Waals surface area contributed by atoms with Crippen LogP contribution in [-0.4, -0.2) is 32.1 Å². The maximum Gasteiger partial charge on any atom is 0.327 e. The summed E-state index contributed by atoms with van der Waals surface area (Å²) in [7, 11) is 5.12. The van der Waals surface area contributed by atoms with Crippen LogP contribution in [-0.2, 0) is 9.53 Å². The lowest BCUT2D eigenvalue weighted by molar-refractivity contribution is -0.146. The summed E-state index contributed by atoms with van der Waals surface area (Å²) in [5.74, 6) is -0.235. The van der Waals surface area contributed by atoms with Crippen molar-refractivity contribution in [2.45, 2.75) is 6.04 Å². The van der Waals surface area contributed by atoms with Gasteiger partial charge in [0.15, 0.2) is 0 Å². The zero-order valence-corrected chi connectivity index (χ0v) is 8.73. The zero-order valence-electron chi connectivity index (χ0n) is 8.73. The fourth-order valence-electron chi connectivity index (χ4n) is 1.39. The van der Waals surface area contributed by atoms with E-state index < -0.39 is 0 Å². The van der Waals surface area contributed by atoms with Gasteiger partial charge in [-0.3, -0.25) is 4.90 Å². The molecule has 0 saturated heterocycles.